The van der Waals surface area contributed by atoms with Crippen molar-refractivity contribution in [2.24, 2.45) is 5.92 Å². The molecule has 14 heavy (non-hydrogen) atoms. The van der Waals surface area contributed by atoms with Crippen molar-refractivity contribution < 1.29 is 6.22 Å². The van der Waals surface area contributed by atoms with Crippen molar-refractivity contribution in [1.82, 2.24) is 4.98 Å². The van der Waals surface area contributed by atoms with E-state index in [0.29, 0.717) is 12.3 Å². The maximum absolute atomic E-state index is 11.5. The molecule has 0 bridgehead atoms. The van der Waals surface area contributed by atoms with E-state index in [2.05, 4.69) is 24.1 Å². The molecule has 0 spiro atoms. The summed E-state index contributed by atoms with van der Waals surface area (Å²) in [5, 5.41) is 2.83. The summed E-state index contributed by atoms with van der Waals surface area (Å²) in [5.74, 6) is 0.516. The average Bonchev–Trinajstić information content (AvgIpc) is 2.19. The Morgan fingerprint density at radius 1 is 1.57 bits per heavy atom. The molecular weight excluding hydrogens is 176 g/mol. The van der Waals surface area contributed by atoms with Gasteiger partial charge in [-0.25, -0.2) is 0 Å². The van der Waals surface area contributed by atoms with Gasteiger partial charge in [-0.3, -0.25) is 9.78 Å². The van der Waals surface area contributed by atoms with Gasteiger partial charge in [-0.1, -0.05) is 20.3 Å². The van der Waals surface area contributed by atoms with Crippen molar-refractivity contribution in [3.8, 4) is 0 Å². The van der Waals surface area contributed by atoms with E-state index in [1.54, 1.807) is 24.5 Å². The molecule has 0 aliphatic carbocycles. The number of anilines is 1. The van der Waals surface area contributed by atoms with Gasteiger partial charge in [0.15, 0.2) is 0 Å². The molecule has 0 saturated carbocycles. The van der Waals surface area contributed by atoms with Crippen LogP contribution >= 0.6 is 0 Å². The molecule has 0 fully saturated rings. The first-order valence-corrected chi connectivity index (χ1v) is 4.92. The van der Waals surface area contributed by atoms with Crippen LogP contribution in [0.2, 0.25) is 0 Å². The molecule has 0 aliphatic heterocycles. The monoisotopic (exact) mass is 194 g/mol. The summed E-state index contributed by atoms with van der Waals surface area (Å²) < 4.78 is 0. The van der Waals surface area contributed by atoms with E-state index < -0.39 is 0 Å². The average molecular weight is 194 g/mol. The van der Waals surface area contributed by atoms with Gasteiger partial charge in [-0.15, -0.1) is 0 Å². The van der Waals surface area contributed by atoms with Gasteiger partial charge >= 0.3 is 0 Å². The van der Waals surface area contributed by atoms with Crippen LogP contribution < -0.4 is 5.32 Å². The van der Waals surface area contributed by atoms with Crippen LogP contribution in [0.3, 0.4) is 0 Å². The zero-order valence-electron chi connectivity index (χ0n) is 8.66. The number of rotatable bonds is 4. The molecule has 1 rings (SSSR count). The molecule has 3 nitrogen and oxygen atoms in total. The topological polar surface area (TPSA) is 42.0 Å². The zero-order valence-corrected chi connectivity index (χ0v) is 8.66. The van der Waals surface area contributed by atoms with Gasteiger partial charge in [-0.2, -0.15) is 0 Å². The highest BCUT2D eigenvalue weighted by Gasteiger charge is 2.06. The lowest BCUT2D eigenvalue weighted by Gasteiger charge is -2.08. The molecule has 0 aromatic carbocycles. The lowest BCUT2D eigenvalue weighted by Crippen LogP contribution is -2.14. The van der Waals surface area contributed by atoms with Crippen molar-refractivity contribution in [2.45, 2.75) is 26.7 Å². The standard InChI is InChI=1S/C11H16N2O.H2/c1-3-9(2)8-11(14)13-10-4-6-12-7-5-10;/h4-7,9H,3,8H2,1-2H3,(H,12,13,14);1H. The Kier molecular flexibility index (Phi) is 4.11. The molecule has 0 aliphatic rings. The van der Waals surface area contributed by atoms with Gasteiger partial charge in [0, 0.05) is 25.9 Å². The van der Waals surface area contributed by atoms with Gasteiger partial charge < -0.3 is 5.32 Å². The van der Waals surface area contributed by atoms with Gasteiger partial charge in [0.2, 0.25) is 5.91 Å². The minimum absolute atomic E-state index is 0. The highest BCUT2D eigenvalue weighted by Crippen LogP contribution is 2.09. The zero-order chi connectivity index (χ0) is 10.4. The lowest BCUT2D eigenvalue weighted by atomic mass is 10.1. The van der Waals surface area contributed by atoms with Gasteiger partial charge in [0.25, 0.3) is 0 Å². The summed E-state index contributed by atoms with van der Waals surface area (Å²) in [7, 11) is 0. The van der Waals surface area contributed by atoms with Crippen LogP contribution in [0.1, 0.15) is 28.1 Å². The third-order valence-electron chi connectivity index (χ3n) is 2.19. The lowest BCUT2D eigenvalue weighted by molar-refractivity contribution is -0.117. The molecule has 3 heteroatoms. The van der Waals surface area contributed by atoms with Crippen molar-refractivity contribution in [3.05, 3.63) is 24.5 Å². The second-order valence-corrected chi connectivity index (χ2v) is 3.50. The minimum atomic E-state index is 0. The largest absolute Gasteiger partial charge is 0.326 e. The Balaban J connectivity index is 0.00000196. The van der Waals surface area contributed by atoms with Crippen LogP contribution in [0.5, 0.6) is 0 Å². The maximum Gasteiger partial charge on any atom is 0.224 e. The predicted molar refractivity (Wildman–Crippen MR) is 59.1 cm³/mol. The van der Waals surface area contributed by atoms with E-state index in [4.69, 9.17) is 0 Å². The molecule has 0 saturated heterocycles. The van der Waals surface area contributed by atoms with Crippen LogP contribution in [-0.2, 0) is 4.79 Å². The third-order valence-corrected chi connectivity index (χ3v) is 2.19. The molecule has 1 atom stereocenters. The van der Waals surface area contributed by atoms with Crippen LogP contribution in [-0.4, -0.2) is 10.9 Å². The van der Waals surface area contributed by atoms with Gasteiger partial charge in [-0.05, 0) is 18.1 Å². The normalized spacial score (nSPS) is 12.1. The van der Waals surface area contributed by atoms with E-state index in [1.807, 2.05) is 0 Å². The van der Waals surface area contributed by atoms with Crippen LogP contribution in [0, 0.1) is 5.92 Å². The second kappa shape index (κ2) is 5.37. The first kappa shape index (κ1) is 10.7. The maximum atomic E-state index is 11.5. The fraction of sp³-hybridized carbons (Fsp3) is 0.455. The summed E-state index contributed by atoms with van der Waals surface area (Å²) in [5.41, 5.74) is 0.813. The fourth-order valence-corrected chi connectivity index (χ4v) is 1.11. The van der Waals surface area contributed by atoms with E-state index >= 15 is 0 Å². The first-order chi connectivity index (χ1) is 6.72. The van der Waals surface area contributed by atoms with Crippen molar-refractivity contribution >= 4 is 11.6 Å². The fourth-order valence-electron chi connectivity index (χ4n) is 1.11. The quantitative estimate of drug-likeness (QED) is 0.800. The predicted octanol–water partition coefficient (Wildman–Crippen LogP) is 2.70. The number of hydrogen-bond donors (Lipinski definition) is 1. The van der Waals surface area contributed by atoms with E-state index in [1.165, 1.54) is 0 Å². The molecule has 1 heterocycles. The molecule has 1 unspecified atom stereocenters. The smallest absolute Gasteiger partial charge is 0.224 e. The number of nitrogens with one attached hydrogen (secondary N) is 1. The number of carbonyl (C=O) groups excluding carboxylic acids is 1. The molecule has 78 valence electrons. The second-order valence-electron chi connectivity index (χ2n) is 3.50. The Labute approximate surface area is 86.0 Å². The Hall–Kier alpha value is -1.38. The number of hydrogen-bond acceptors (Lipinski definition) is 2. The SMILES string of the molecule is CCC(C)CC(=O)Nc1ccncc1.[HH]. The number of carbonyl (C=O) groups is 1. The Bertz CT molecular complexity index is 290. The summed E-state index contributed by atoms with van der Waals surface area (Å²) in [4.78, 5) is 15.3. The molecule has 1 aromatic rings. The van der Waals surface area contributed by atoms with Crippen LogP contribution in [0.4, 0.5) is 5.69 Å². The van der Waals surface area contributed by atoms with E-state index in [0.717, 1.165) is 12.1 Å². The summed E-state index contributed by atoms with van der Waals surface area (Å²) >= 11 is 0. The third kappa shape index (κ3) is 3.56. The number of pyridine rings is 1. The molecule has 1 aromatic heterocycles. The van der Waals surface area contributed by atoms with Crippen molar-refractivity contribution in [3.63, 3.8) is 0 Å². The van der Waals surface area contributed by atoms with Gasteiger partial charge in [0.05, 0.1) is 0 Å². The number of aromatic nitrogens is 1. The van der Waals surface area contributed by atoms with Crippen molar-refractivity contribution in [1.29, 1.82) is 0 Å². The van der Waals surface area contributed by atoms with Crippen molar-refractivity contribution in [2.75, 3.05) is 5.32 Å². The highest BCUT2D eigenvalue weighted by molar-refractivity contribution is 5.90. The van der Waals surface area contributed by atoms with E-state index in [-0.39, 0.29) is 7.33 Å². The van der Waals surface area contributed by atoms with Crippen LogP contribution in [0.25, 0.3) is 0 Å². The summed E-state index contributed by atoms with van der Waals surface area (Å²) in [6.07, 6.45) is 4.94. The number of nitrogens with zero attached hydrogens (tertiary/aromatic N) is 1. The molecule has 1 amide bonds. The first-order valence-electron chi connectivity index (χ1n) is 4.92. The van der Waals surface area contributed by atoms with Crippen LogP contribution in [0.15, 0.2) is 24.5 Å². The van der Waals surface area contributed by atoms with E-state index in [9.17, 15) is 4.79 Å². The Morgan fingerprint density at radius 3 is 2.79 bits per heavy atom. The van der Waals surface area contributed by atoms with Gasteiger partial charge in [0.1, 0.15) is 0 Å². The summed E-state index contributed by atoms with van der Waals surface area (Å²) in [6, 6.07) is 3.57. The highest BCUT2D eigenvalue weighted by atomic mass is 16.1. The molecule has 0 radical (unpaired) electrons. The minimum Gasteiger partial charge on any atom is -0.326 e. The molecule has 1 N–H and O–H groups in total. The number of amides is 1. The summed E-state index contributed by atoms with van der Waals surface area (Å²) in [6.45, 7) is 4.16. The Morgan fingerprint density at radius 2 is 2.21 bits per heavy atom. The molecular formula is C11H18N2O.